The molecule has 0 N–H and O–H groups in total. The second-order valence-corrected chi connectivity index (χ2v) is 9.29. The maximum atomic E-state index is 6.42. The summed E-state index contributed by atoms with van der Waals surface area (Å²) < 4.78 is 11.0. The maximum absolute atomic E-state index is 6.42. The molecule has 3 aromatic heterocycles. The topological polar surface area (TPSA) is 35.9 Å². The summed E-state index contributed by atoms with van der Waals surface area (Å²) in [5.74, 6) is 0.980. The Bertz CT molecular complexity index is 2110. The molecule has 0 radical (unpaired) electrons. The summed E-state index contributed by atoms with van der Waals surface area (Å²) in [6.07, 6.45) is 0. The first-order valence-corrected chi connectivity index (χ1v) is 12.2. The first-order valence-electron chi connectivity index (χ1n) is 12.2. The van der Waals surface area contributed by atoms with Gasteiger partial charge in [0.25, 0.3) is 0 Å². The molecule has 3 heterocycles. The molecule has 0 fully saturated rings. The van der Waals surface area contributed by atoms with E-state index in [4.69, 9.17) is 9.40 Å². The van der Waals surface area contributed by atoms with Crippen molar-refractivity contribution >= 4 is 54.8 Å². The predicted octanol–water partition coefficient (Wildman–Crippen LogP) is 8.33. The Morgan fingerprint density at radius 1 is 0.556 bits per heavy atom. The molecule has 4 nitrogen and oxygen atoms in total. The normalized spacial score (nSPS) is 12.0. The Hall–Kier alpha value is -4.83. The third-order valence-corrected chi connectivity index (χ3v) is 7.27. The molecule has 0 atom stereocenters. The van der Waals surface area contributed by atoms with E-state index in [0.29, 0.717) is 0 Å². The molecule has 0 aliphatic rings. The molecular weight excluding hydrogens is 442 g/mol. The third kappa shape index (κ3) is 2.56. The summed E-state index contributed by atoms with van der Waals surface area (Å²) >= 11 is 0. The molecule has 0 saturated heterocycles. The van der Waals surface area contributed by atoms with Crippen LogP contribution in [-0.2, 0) is 0 Å². The van der Waals surface area contributed by atoms with Gasteiger partial charge in [0, 0.05) is 27.5 Å². The predicted molar refractivity (Wildman–Crippen MR) is 147 cm³/mol. The Labute approximate surface area is 206 Å². The van der Waals surface area contributed by atoms with Crippen LogP contribution in [0, 0.1) is 6.92 Å². The minimum atomic E-state index is 0.920. The van der Waals surface area contributed by atoms with Crippen molar-refractivity contribution in [3.63, 3.8) is 0 Å². The highest BCUT2D eigenvalue weighted by atomic mass is 16.3. The van der Waals surface area contributed by atoms with Gasteiger partial charge in [0.1, 0.15) is 17.0 Å². The van der Waals surface area contributed by atoms with Crippen molar-refractivity contribution in [3.05, 3.63) is 115 Å². The van der Waals surface area contributed by atoms with Gasteiger partial charge in [0.05, 0.1) is 27.5 Å². The molecular formula is C32H21N3O. The van der Waals surface area contributed by atoms with E-state index in [1.54, 1.807) is 0 Å². The van der Waals surface area contributed by atoms with Crippen molar-refractivity contribution in [3.8, 4) is 11.4 Å². The minimum Gasteiger partial charge on any atom is -0.455 e. The fourth-order valence-electron chi connectivity index (χ4n) is 5.74. The van der Waals surface area contributed by atoms with Crippen LogP contribution < -0.4 is 0 Å². The molecule has 4 heteroatoms. The lowest BCUT2D eigenvalue weighted by Gasteiger charge is -2.11. The number of furan rings is 1. The number of imidazole rings is 1. The highest BCUT2D eigenvalue weighted by Crippen LogP contribution is 2.40. The van der Waals surface area contributed by atoms with Crippen molar-refractivity contribution in [1.82, 2.24) is 14.1 Å². The second-order valence-electron chi connectivity index (χ2n) is 9.29. The number of benzene rings is 5. The number of hydrogen-bond donors (Lipinski definition) is 0. The summed E-state index contributed by atoms with van der Waals surface area (Å²) in [6, 6.07) is 38.3. The van der Waals surface area contributed by atoms with Gasteiger partial charge in [-0.25, -0.2) is 4.98 Å². The zero-order valence-electron chi connectivity index (χ0n) is 19.6. The summed E-state index contributed by atoms with van der Waals surface area (Å²) in [5, 5.41) is 4.65. The van der Waals surface area contributed by atoms with E-state index >= 15 is 0 Å². The van der Waals surface area contributed by atoms with E-state index in [0.717, 1.165) is 66.6 Å². The third-order valence-electron chi connectivity index (χ3n) is 7.27. The Morgan fingerprint density at radius 2 is 1.22 bits per heavy atom. The van der Waals surface area contributed by atoms with Gasteiger partial charge in [-0.15, -0.1) is 0 Å². The van der Waals surface area contributed by atoms with E-state index in [1.807, 2.05) is 18.2 Å². The molecule has 5 aromatic carbocycles. The number of fused-ring (bicyclic) bond motifs is 8. The van der Waals surface area contributed by atoms with Crippen LogP contribution in [0.4, 0.5) is 0 Å². The fourth-order valence-corrected chi connectivity index (χ4v) is 5.74. The lowest BCUT2D eigenvalue weighted by molar-refractivity contribution is 0.673. The number of aromatic nitrogens is 3. The standard InChI is InChI=1S/C32H21N3O/c1-20-33-26-10-4-6-12-28(26)34(20)21-14-16-22(17-15-21)35-27-11-5-2-9-25(27)31-29(35)19-18-24-23-8-3-7-13-30(23)36-32(24)31/h2-19H,1H3. The van der Waals surface area contributed by atoms with Crippen LogP contribution in [-0.4, -0.2) is 14.1 Å². The van der Waals surface area contributed by atoms with Crippen LogP contribution in [0.25, 0.3) is 66.2 Å². The second kappa shape index (κ2) is 7.09. The van der Waals surface area contributed by atoms with Crippen LogP contribution in [0.1, 0.15) is 5.82 Å². The molecule has 0 bridgehead atoms. The molecule has 0 unspecified atom stereocenters. The number of nitrogens with zero attached hydrogens (tertiary/aromatic N) is 3. The number of rotatable bonds is 2. The molecule has 0 saturated carbocycles. The van der Waals surface area contributed by atoms with Gasteiger partial charge in [-0.05, 0) is 67.6 Å². The molecule has 8 rings (SSSR count). The Kier molecular flexibility index (Phi) is 3.84. The number of aryl methyl sites for hydroxylation is 1. The minimum absolute atomic E-state index is 0.920. The quantitative estimate of drug-likeness (QED) is 0.258. The largest absolute Gasteiger partial charge is 0.455 e. The highest BCUT2D eigenvalue weighted by molar-refractivity contribution is 6.23. The van der Waals surface area contributed by atoms with Gasteiger partial charge in [-0.2, -0.15) is 0 Å². The fraction of sp³-hybridized carbons (Fsp3) is 0.0312. The summed E-state index contributed by atoms with van der Waals surface area (Å²) in [7, 11) is 0. The van der Waals surface area contributed by atoms with Gasteiger partial charge >= 0.3 is 0 Å². The molecule has 170 valence electrons. The summed E-state index contributed by atoms with van der Waals surface area (Å²) in [5.41, 5.74) is 8.51. The molecule has 0 aliphatic heterocycles. The van der Waals surface area contributed by atoms with E-state index in [9.17, 15) is 0 Å². The monoisotopic (exact) mass is 463 g/mol. The SMILES string of the molecule is Cc1nc2ccccc2n1-c1ccc(-n2c3ccccc3c3c4oc5ccccc5c4ccc32)cc1. The van der Waals surface area contributed by atoms with E-state index in [2.05, 4.69) is 107 Å². The first kappa shape index (κ1) is 19.5. The first-order chi connectivity index (χ1) is 17.8. The van der Waals surface area contributed by atoms with Gasteiger partial charge in [-0.1, -0.05) is 48.5 Å². The zero-order chi connectivity index (χ0) is 23.8. The lowest BCUT2D eigenvalue weighted by Crippen LogP contribution is -1.98. The zero-order valence-corrected chi connectivity index (χ0v) is 19.6. The van der Waals surface area contributed by atoms with Gasteiger partial charge < -0.3 is 8.98 Å². The van der Waals surface area contributed by atoms with Crippen molar-refractivity contribution in [2.75, 3.05) is 0 Å². The molecule has 8 aromatic rings. The Balaban J connectivity index is 1.38. The van der Waals surface area contributed by atoms with Crippen LogP contribution >= 0.6 is 0 Å². The van der Waals surface area contributed by atoms with E-state index in [1.165, 1.54) is 5.39 Å². The van der Waals surface area contributed by atoms with Crippen molar-refractivity contribution in [2.24, 2.45) is 0 Å². The smallest absolute Gasteiger partial charge is 0.145 e. The lowest BCUT2D eigenvalue weighted by atomic mass is 10.1. The van der Waals surface area contributed by atoms with E-state index in [-0.39, 0.29) is 0 Å². The van der Waals surface area contributed by atoms with Crippen molar-refractivity contribution in [2.45, 2.75) is 6.92 Å². The van der Waals surface area contributed by atoms with Gasteiger partial charge in [0.2, 0.25) is 0 Å². The van der Waals surface area contributed by atoms with Crippen LogP contribution in [0.15, 0.2) is 114 Å². The average molecular weight is 464 g/mol. The summed E-state index contributed by atoms with van der Waals surface area (Å²) in [6.45, 7) is 2.06. The molecule has 36 heavy (non-hydrogen) atoms. The number of para-hydroxylation sites is 4. The summed E-state index contributed by atoms with van der Waals surface area (Å²) in [4.78, 5) is 4.74. The van der Waals surface area contributed by atoms with Gasteiger partial charge in [-0.3, -0.25) is 4.57 Å². The average Bonchev–Trinajstić information content (AvgIpc) is 3.57. The number of hydrogen-bond acceptors (Lipinski definition) is 2. The van der Waals surface area contributed by atoms with Crippen LogP contribution in [0.5, 0.6) is 0 Å². The Morgan fingerprint density at radius 3 is 2.06 bits per heavy atom. The van der Waals surface area contributed by atoms with Crippen molar-refractivity contribution in [1.29, 1.82) is 0 Å². The van der Waals surface area contributed by atoms with Crippen LogP contribution in [0.2, 0.25) is 0 Å². The highest BCUT2D eigenvalue weighted by Gasteiger charge is 2.18. The van der Waals surface area contributed by atoms with Crippen molar-refractivity contribution < 1.29 is 4.42 Å². The van der Waals surface area contributed by atoms with Crippen LogP contribution in [0.3, 0.4) is 0 Å². The maximum Gasteiger partial charge on any atom is 0.145 e. The molecule has 0 spiro atoms. The molecule has 0 aliphatic carbocycles. The van der Waals surface area contributed by atoms with Gasteiger partial charge in [0.15, 0.2) is 0 Å². The molecule has 0 amide bonds. The van der Waals surface area contributed by atoms with E-state index < -0.39 is 0 Å².